The molecule has 0 amide bonds. The van der Waals surface area contributed by atoms with Gasteiger partial charge in [-0.1, -0.05) is 83.9 Å². The molecule has 0 spiro atoms. The lowest BCUT2D eigenvalue weighted by Gasteiger charge is -2.28. The van der Waals surface area contributed by atoms with E-state index in [1.54, 1.807) is 16.7 Å². The van der Waals surface area contributed by atoms with Crippen LogP contribution in [0.4, 0.5) is 0 Å². The van der Waals surface area contributed by atoms with Gasteiger partial charge in [0.1, 0.15) is 0 Å². The molecule has 0 heterocycles. The average Bonchev–Trinajstić information content (AvgIpc) is 3.11. The molecule has 0 saturated carbocycles. The predicted octanol–water partition coefficient (Wildman–Crippen LogP) is 5.30. The first-order valence-corrected chi connectivity index (χ1v) is 9.94. The van der Waals surface area contributed by atoms with E-state index in [0.29, 0.717) is 11.8 Å². The largest absolute Gasteiger partial charge is 0.0620 e. The molecule has 0 saturated heterocycles. The summed E-state index contributed by atoms with van der Waals surface area (Å²) >= 11 is 0. The van der Waals surface area contributed by atoms with Gasteiger partial charge in [-0.25, -0.2) is 0 Å². The van der Waals surface area contributed by atoms with Gasteiger partial charge < -0.3 is 0 Å². The summed E-state index contributed by atoms with van der Waals surface area (Å²) in [5.74, 6) is 1.12. The molecule has 6 rings (SSSR count). The number of benzene rings is 4. The van der Waals surface area contributed by atoms with Crippen molar-refractivity contribution in [1.82, 2.24) is 0 Å². The van der Waals surface area contributed by atoms with Crippen LogP contribution in [0.15, 0.2) is 72.8 Å². The van der Waals surface area contributed by atoms with Gasteiger partial charge >= 0.3 is 0 Å². The Kier molecular flexibility index (Phi) is 3.00. The third-order valence-corrected chi connectivity index (χ3v) is 6.98. The van der Waals surface area contributed by atoms with E-state index in [-0.39, 0.29) is 0 Å². The highest BCUT2D eigenvalue weighted by Gasteiger charge is 2.37. The van der Waals surface area contributed by atoms with Crippen LogP contribution in [0.5, 0.6) is 0 Å². The Morgan fingerprint density at radius 3 is 1.78 bits per heavy atom. The summed E-state index contributed by atoms with van der Waals surface area (Å²) in [5.41, 5.74) is 6.20. The molecule has 0 heteroatoms. The van der Waals surface area contributed by atoms with Crippen molar-refractivity contribution in [2.75, 3.05) is 0 Å². The third kappa shape index (κ3) is 1.88. The molecule has 2 unspecified atom stereocenters. The summed E-state index contributed by atoms with van der Waals surface area (Å²) in [6, 6.07) is 27.0. The Morgan fingerprint density at radius 1 is 0.593 bits per heavy atom. The van der Waals surface area contributed by atoms with Crippen LogP contribution in [0.3, 0.4) is 0 Å². The maximum Gasteiger partial charge on any atom is 0.0126 e. The van der Waals surface area contributed by atoms with Gasteiger partial charge in [0.25, 0.3) is 0 Å². The molecule has 0 bridgehead atoms. The molecule has 2 aliphatic rings. The molecule has 130 valence electrons. The number of fused-ring (bicyclic) bond motifs is 9. The maximum atomic E-state index is 2.38. The maximum absolute atomic E-state index is 2.38. The number of hydrogen-bond donors (Lipinski definition) is 0. The van der Waals surface area contributed by atoms with Crippen LogP contribution in [0.2, 0.25) is 0 Å². The molecule has 2 aliphatic carbocycles. The summed E-state index contributed by atoms with van der Waals surface area (Å²) in [6.45, 7) is 4.77. The fourth-order valence-corrected chi connectivity index (χ4v) is 5.83. The molecule has 2 atom stereocenters. The molecular formula is C27H22. The second-order valence-electron chi connectivity index (χ2n) is 8.19. The van der Waals surface area contributed by atoms with Gasteiger partial charge in [0.15, 0.2) is 0 Å². The van der Waals surface area contributed by atoms with Gasteiger partial charge in [0.2, 0.25) is 0 Å². The summed E-state index contributed by atoms with van der Waals surface area (Å²) in [4.78, 5) is 0. The molecule has 0 N–H and O–H groups in total. The molecular weight excluding hydrogens is 324 g/mol. The molecule has 0 fully saturated rings. The van der Waals surface area contributed by atoms with E-state index >= 15 is 0 Å². The first-order chi connectivity index (χ1) is 13.3. The van der Waals surface area contributed by atoms with Crippen LogP contribution in [-0.2, 0) is 6.42 Å². The normalized spacial score (nSPS) is 20.7. The van der Waals surface area contributed by atoms with E-state index in [0.717, 1.165) is 0 Å². The zero-order chi connectivity index (χ0) is 18.1. The topological polar surface area (TPSA) is 0 Å². The zero-order valence-electron chi connectivity index (χ0n) is 15.8. The van der Waals surface area contributed by atoms with Gasteiger partial charge in [-0.2, -0.15) is 0 Å². The molecule has 4 aromatic carbocycles. The van der Waals surface area contributed by atoms with Crippen LogP contribution in [0, 0.1) is 5.92 Å². The summed E-state index contributed by atoms with van der Waals surface area (Å²) in [7, 11) is 0. The van der Waals surface area contributed by atoms with Crippen molar-refractivity contribution in [2.45, 2.75) is 26.2 Å². The average molecular weight is 346 g/mol. The van der Waals surface area contributed by atoms with Crippen molar-refractivity contribution < 1.29 is 0 Å². The minimum absolute atomic E-state index is 0.526. The van der Waals surface area contributed by atoms with E-state index < -0.39 is 0 Å². The van der Waals surface area contributed by atoms with Crippen molar-refractivity contribution in [3.8, 4) is 0 Å². The first-order valence-electron chi connectivity index (χ1n) is 9.94. The molecule has 0 radical (unpaired) electrons. The van der Waals surface area contributed by atoms with Crippen molar-refractivity contribution in [1.29, 1.82) is 0 Å². The highest BCUT2D eigenvalue weighted by molar-refractivity contribution is 6.09. The second-order valence-corrected chi connectivity index (χ2v) is 8.19. The fourth-order valence-electron chi connectivity index (χ4n) is 5.83. The summed E-state index contributed by atoms with van der Waals surface area (Å²) in [6.07, 6.45) is 1.17. The Balaban J connectivity index is 1.90. The van der Waals surface area contributed by atoms with Crippen LogP contribution >= 0.6 is 0 Å². The quantitative estimate of drug-likeness (QED) is 0.379. The van der Waals surface area contributed by atoms with Crippen LogP contribution < -0.4 is 10.4 Å². The van der Waals surface area contributed by atoms with Crippen molar-refractivity contribution >= 4 is 32.7 Å². The van der Waals surface area contributed by atoms with Crippen LogP contribution in [0.1, 0.15) is 30.9 Å². The van der Waals surface area contributed by atoms with Gasteiger partial charge in [0, 0.05) is 5.92 Å². The first kappa shape index (κ1) is 15.2. The van der Waals surface area contributed by atoms with Crippen LogP contribution in [-0.4, -0.2) is 0 Å². The lowest BCUT2D eigenvalue weighted by atomic mass is 9.75. The SMILES string of the molecule is CC1=c2c(c3ccccc3c3ccccc23)=C(C)C2c3ccccc3CC12. The number of rotatable bonds is 0. The van der Waals surface area contributed by atoms with E-state index in [1.165, 1.54) is 44.0 Å². The van der Waals surface area contributed by atoms with E-state index in [4.69, 9.17) is 0 Å². The standard InChI is InChI=1S/C27H22/c1-16-24-15-18-9-3-4-10-19(18)25(24)17(2)27-23-14-8-6-12-21(23)20-11-5-7-13-22(20)26(16)27/h3-14,24-25H,15H2,1-2H3. The second kappa shape index (κ2) is 5.33. The fraction of sp³-hybridized carbons (Fsp3) is 0.185. The van der Waals surface area contributed by atoms with Gasteiger partial charge in [-0.05, 0) is 69.3 Å². The Morgan fingerprint density at radius 2 is 1.11 bits per heavy atom. The van der Waals surface area contributed by atoms with Gasteiger partial charge in [0.05, 0.1) is 0 Å². The van der Waals surface area contributed by atoms with Gasteiger partial charge in [-0.3, -0.25) is 0 Å². The van der Waals surface area contributed by atoms with Crippen molar-refractivity contribution in [2.24, 2.45) is 5.92 Å². The highest BCUT2D eigenvalue weighted by atomic mass is 14.4. The molecule has 4 aromatic rings. The van der Waals surface area contributed by atoms with E-state index in [2.05, 4.69) is 86.6 Å². The lowest BCUT2D eigenvalue weighted by molar-refractivity contribution is 0.647. The molecule has 0 nitrogen and oxygen atoms in total. The Hall–Kier alpha value is -2.86. The van der Waals surface area contributed by atoms with E-state index in [1.807, 2.05) is 0 Å². The van der Waals surface area contributed by atoms with Crippen molar-refractivity contribution in [3.05, 3.63) is 94.4 Å². The third-order valence-electron chi connectivity index (χ3n) is 6.98. The molecule has 0 aliphatic heterocycles. The van der Waals surface area contributed by atoms with E-state index in [9.17, 15) is 0 Å². The Labute approximate surface area is 159 Å². The minimum Gasteiger partial charge on any atom is -0.0620 e. The monoisotopic (exact) mass is 346 g/mol. The summed E-state index contributed by atoms with van der Waals surface area (Å²) in [5, 5.41) is 8.57. The van der Waals surface area contributed by atoms with Crippen LogP contribution in [0.25, 0.3) is 32.7 Å². The zero-order valence-corrected chi connectivity index (χ0v) is 15.8. The minimum atomic E-state index is 0.526. The lowest BCUT2D eigenvalue weighted by Crippen LogP contribution is -2.38. The predicted molar refractivity (Wildman–Crippen MR) is 115 cm³/mol. The molecule has 0 aromatic heterocycles. The molecule has 27 heavy (non-hydrogen) atoms. The highest BCUT2D eigenvalue weighted by Crippen LogP contribution is 2.47. The van der Waals surface area contributed by atoms with Gasteiger partial charge in [-0.15, -0.1) is 0 Å². The Bertz CT molecular complexity index is 1370. The smallest absolute Gasteiger partial charge is 0.0126 e. The summed E-state index contributed by atoms with van der Waals surface area (Å²) < 4.78 is 0. The number of hydrogen-bond acceptors (Lipinski definition) is 0. The van der Waals surface area contributed by atoms with Crippen molar-refractivity contribution in [3.63, 3.8) is 0 Å².